The fraction of sp³-hybridized carbons (Fsp3) is 1.00. The molecule has 2 atom stereocenters. The second kappa shape index (κ2) is 4.90. The molecule has 2 nitrogen and oxygen atoms in total. The number of halogens is 3. The third-order valence-corrected chi connectivity index (χ3v) is 0.797. The van der Waals surface area contributed by atoms with Crippen molar-refractivity contribution in [1.82, 2.24) is 0 Å². The maximum atomic E-state index is 11.3. The van der Waals surface area contributed by atoms with Gasteiger partial charge in [-0.25, -0.2) is 8.78 Å². The van der Waals surface area contributed by atoms with Gasteiger partial charge in [-0.3, -0.25) is 0 Å². The molecule has 0 aliphatic carbocycles. The summed E-state index contributed by atoms with van der Waals surface area (Å²) in [5.41, 5.74) is 4.91. The van der Waals surface area contributed by atoms with E-state index in [9.17, 15) is 8.78 Å². The van der Waals surface area contributed by atoms with Crippen molar-refractivity contribution in [3.63, 3.8) is 0 Å². The zero-order chi connectivity index (χ0) is 6.73. The van der Waals surface area contributed by atoms with Crippen LogP contribution in [0.5, 0.6) is 0 Å². The van der Waals surface area contributed by atoms with Crippen molar-refractivity contribution in [3.05, 3.63) is 0 Å². The molecule has 0 aliphatic heterocycles. The van der Waals surface area contributed by atoms with Crippen LogP contribution in [0, 0.1) is 0 Å². The summed E-state index contributed by atoms with van der Waals surface area (Å²) in [6.07, 6.45) is -4.41. The third-order valence-electron chi connectivity index (χ3n) is 0.797. The molecule has 0 aromatic heterocycles. The Balaban J connectivity index is 0. The zero-order valence-corrected chi connectivity index (χ0v) is 5.74. The van der Waals surface area contributed by atoms with E-state index in [0.29, 0.717) is 0 Å². The molecule has 58 valence electrons. The third kappa shape index (κ3) is 4.57. The Kier molecular flexibility index (Phi) is 6.44. The average Bonchev–Trinajstić information content (AvgIpc) is 1.64. The van der Waals surface area contributed by atoms with Gasteiger partial charge in [0.15, 0.2) is 0 Å². The van der Waals surface area contributed by atoms with Crippen LogP contribution in [0.25, 0.3) is 0 Å². The van der Waals surface area contributed by atoms with Crippen molar-refractivity contribution in [1.29, 1.82) is 0 Å². The molecule has 0 amide bonds. The van der Waals surface area contributed by atoms with Gasteiger partial charge in [-0.1, -0.05) is 0 Å². The van der Waals surface area contributed by atoms with Gasteiger partial charge in [-0.15, -0.1) is 12.4 Å². The number of nitrogens with two attached hydrogens (primary N) is 1. The van der Waals surface area contributed by atoms with Crippen LogP contribution in [0.1, 0.15) is 6.92 Å². The highest BCUT2D eigenvalue weighted by Gasteiger charge is 2.20. The van der Waals surface area contributed by atoms with Crippen LogP contribution < -0.4 is 5.73 Å². The first-order valence-corrected chi connectivity index (χ1v) is 2.27. The predicted octanol–water partition coefficient (Wildman–Crippen LogP) is 0.381. The van der Waals surface area contributed by atoms with Crippen LogP contribution in [-0.4, -0.2) is 23.7 Å². The van der Waals surface area contributed by atoms with Crippen molar-refractivity contribution in [3.8, 4) is 0 Å². The summed E-state index contributed by atoms with van der Waals surface area (Å²) in [4.78, 5) is 0. The summed E-state index contributed by atoms with van der Waals surface area (Å²) in [5.74, 6) is 0. The maximum Gasteiger partial charge on any atom is 0.265 e. The molecule has 0 heterocycles. The number of rotatable bonds is 2. The van der Waals surface area contributed by atoms with Gasteiger partial charge in [0, 0.05) is 6.04 Å². The van der Waals surface area contributed by atoms with Crippen LogP contribution in [0.3, 0.4) is 0 Å². The van der Waals surface area contributed by atoms with Crippen LogP contribution in [0.15, 0.2) is 0 Å². The fourth-order valence-electron chi connectivity index (χ4n) is 0.229. The largest absolute Gasteiger partial charge is 0.386 e. The van der Waals surface area contributed by atoms with Crippen molar-refractivity contribution >= 4 is 12.4 Å². The molecule has 2 unspecified atom stereocenters. The highest BCUT2D eigenvalue weighted by atomic mass is 35.5. The summed E-state index contributed by atoms with van der Waals surface area (Å²) in [6.45, 7) is 1.33. The summed E-state index contributed by atoms with van der Waals surface area (Å²) in [6, 6.07) is -0.852. The number of hydrogen-bond donors (Lipinski definition) is 2. The van der Waals surface area contributed by atoms with Crippen LogP contribution >= 0.6 is 12.4 Å². The summed E-state index contributed by atoms with van der Waals surface area (Å²) in [5, 5.41) is 8.33. The minimum absolute atomic E-state index is 0. The molecule has 0 aromatic carbocycles. The summed E-state index contributed by atoms with van der Waals surface area (Å²) < 4.78 is 22.7. The molecule has 0 aliphatic rings. The molecule has 3 N–H and O–H groups in total. The SMILES string of the molecule is CC(N)C(O)C(F)F.Cl. The van der Waals surface area contributed by atoms with E-state index in [0.717, 1.165) is 0 Å². The number of aliphatic hydroxyl groups is 1. The lowest BCUT2D eigenvalue weighted by Gasteiger charge is -2.11. The van der Waals surface area contributed by atoms with E-state index in [1.807, 2.05) is 0 Å². The first-order chi connectivity index (χ1) is 3.55. The Morgan fingerprint density at radius 1 is 1.44 bits per heavy atom. The van der Waals surface area contributed by atoms with Crippen molar-refractivity contribution in [2.75, 3.05) is 0 Å². The van der Waals surface area contributed by atoms with Gasteiger partial charge < -0.3 is 10.8 Å². The van der Waals surface area contributed by atoms with Gasteiger partial charge in [-0.2, -0.15) is 0 Å². The van der Waals surface area contributed by atoms with Gasteiger partial charge in [0.25, 0.3) is 6.43 Å². The molecule has 0 bridgehead atoms. The molecule has 9 heavy (non-hydrogen) atoms. The Morgan fingerprint density at radius 2 is 1.78 bits per heavy atom. The molecule has 5 heteroatoms. The van der Waals surface area contributed by atoms with Gasteiger partial charge in [-0.05, 0) is 6.92 Å². The molecular formula is C4H10ClF2NO. The molecule has 0 rings (SSSR count). The average molecular weight is 162 g/mol. The summed E-state index contributed by atoms with van der Waals surface area (Å²) >= 11 is 0. The lowest BCUT2D eigenvalue weighted by molar-refractivity contribution is -0.0153. The van der Waals surface area contributed by atoms with E-state index < -0.39 is 18.6 Å². The Labute approximate surface area is 58.5 Å². The van der Waals surface area contributed by atoms with Gasteiger partial charge in [0.1, 0.15) is 6.10 Å². The van der Waals surface area contributed by atoms with E-state index in [2.05, 4.69) is 0 Å². The standard InChI is InChI=1S/C4H9F2NO.ClH/c1-2(7)3(8)4(5)6;/h2-4,8H,7H2,1H3;1H. The predicted molar refractivity (Wildman–Crippen MR) is 32.9 cm³/mol. The molecule has 0 aromatic rings. The maximum absolute atomic E-state index is 11.3. The first-order valence-electron chi connectivity index (χ1n) is 2.27. The van der Waals surface area contributed by atoms with Crippen molar-refractivity contribution < 1.29 is 13.9 Å². The number of aliphatic hydroxyl groups excluding tert-OH is 1. The number of hydrogen-bond acceptors (Lipinski definition) is 2. The van der Waals surface area contributed by atoms with Crippen LogP contribution in [0.2, 0.25) is 0 Å². The van der Waals surface area contributed by atoms with E-state index in [-0.39, 0.29) is 12.4 Å². The molecule has 0 spiro atoms. The fourth-order valence-corrected chi connectivity index (χ4v) is 0.229. The number of alkyl halides is 2. The molecule has 0 radical (unpaired) electrons. The Hall–Kier alpha value is 0.0700. The van der Waals surface area contributed by atoms with Gasteiger partial charge in [0.05, 0.1) is 0 Å². The molecule has 0 fully saturated rings. The van der Waals surface area contributed by atoms with Crippen LogP contribution in [0.4, 0.5) is 8.78 Å². The monoisotopic (exact) mass is 161 g/mol. The van der Waals surface area contributed by atoms with Crippen molar-refractivity contribution in [2.24, 2.45) is 5.73 Å². The lowest BCUT2D eigenvalue weighted by Crippen LogP contribution is -2.36. The van der Waals surface area contributed by atoms with E-state index in [1.54, 1.807) is 0 Å². The van der Waals surface area contributed by atoms with E-state index in [1.165, 1.54) is 6.92 Å². The van der Waals surface area contributed by atoms with Gasteiger partial charge in [0.2, 0.25) is 0 Å². The second-order valence-corrected chi connectivity index (χ2v) is 1.68. The van der Waals surface area contributed by atoms with Crippen molar-refractivity contribution in [2.45, 2.75) is 25.5 Å². The molecule has 0 saturated heterocycles. The normalized spacial score (nSPS) is 16.7. The molecule has 0 saturated carbocycles. The Morgan fingerprint density at radius 3 is 1.78 bits per heavy atom. The van der Waals surface area contributed by atoms with Gasteiger partial charge >= 0.3 is 0 Å². The second-order valence-electron chi connectivity index (χ2n) is 1.68. The Bertz CT molecular complexity index is 63.6. The highest BCUT2D eigenvalue weighted by molar-refractivity contribution is 5.85. The topological polar surface area (TPSA) is 46.2 Å². The van der Waals surface area contributed by atoms with E-state index >= 15 is 0 Å². The quantitative estimate of drug-likeness (QED) is 0.615. The van der Waals surface area contributed by atoms with E-state index in [4.69, 9.17) is 10.8 Å². The highest BCUT2D eigenvalue weighted by Crippen LogP contribution is 2.02. The molecular weight excluding hydrogens is 151 g/mol. The smallest absolute Gasteiger partial charge is 0.265 e. The minimum Gasteiger partial charge on any atom is -0.386 e. The zero-order valence-electron chi connectivity index (χ0n) is 4.92. The minimum atomic E-state index is -2.73. The summed E-state index contributed by atoms with van der Waals surface area (Å²) in [7, 11) is 0. The van der Waals surface area contributed by atoms with Crippen LogP contribution in [-0.2, 0) is 0 Å². The first kappa shape index (κ1) is 11.8. The lowest BCUT2D eigenvalue weighted by atomic mass is 10.2.